The van der Waals surface area contributed by atoms with E-state index in [1.54, 1.807) is 0 Å². The Labute approximate surface area is 109 Å². The van der Waals surface area contributed by atoms with Gasteiger partial charge in [0.25, 0.3) is 0 Å². The van der Waals surface area contributed by atoms with Gasteiger partial charge in [-0.15, -0.1) is 0 Å². The molecule has 0 saturated carbocycles. The highest BCUT2D eigenvalue weighted by atomic mass is 16.5. The van der Waals surface area contributed by atoms with Crippen LogP contribution in [0.5, 0.6) is 0 Å². The van der Waals surface area contributed by atoms with Crippen LogP contribution in [0, 0.1) is 19.8 Å². The molecule has 2 fully saturated rings. The molecule has 2 saturated heterocycles. The lowest BCUT2D eigenvalue weighted by Gasteiger charge is -2.29. The molecule has 0 aromatic heterocycles. The van der Waals surface area contributed by atoms with Crippen molar-refractivity contribution in [2.45, 2.75) is 51.4 Å². The Morgan fingerprint density at radius 3 is 2.72 bits per heavy atom. The van der Waals surface area contributed by atoms with Gasteiger partial charge in [0.2, 0.25) is 0 Å². The maximum absolute atomic E-state index is 5.96. The van der Waals surface area contributed by atoms with Crippen LogP contribution in [0.3, 0.4) is 0 Å². The Hall–Kier alpha value is -0.900. The summed E-state index contributed by atoms with van der Waals surface area (Å²) in [6.45, 7) is 4.29. The van der Waals surface area contributed by atoms with Crippen LogP contribution < -0.4 is 11.3 Å². The summed E-state index contributed by atoms with van der Waals surface area (Å²) in [5.74, 6) is 6.34. The van der Waals surface area contributed by atoms with Crippen molar-refractivity contribution in [1.82, 2.24) is 5.43 Å². The highest BCUT2D eigenvalue weighted by Gasteiger charge is 2.44. The molecule has 2 bridgehead atoms. The van der Waals surface area contributed by atoms with E-state index < -0.39 is 0 Å². The molecule has 3 rings (SSSR count). The van der Waals surface area contributed by atoms with Crippen LogP contribution in [-0.4, -0.2) is 12.2 Å². The number of nitrogens with two attached hydrogens (primary N) is 1. The Bertz CT molecular complexity index is 446. The highest BCUT2D eigenvalue weighted by Crippen LogP contribution is 2.44. The zero-order valence-electron chi connectivity index (χ0n) is 11.1. The Morgan fingerprint density at radius 2 is 2.17 bits per heavy atom. The van der Waals surface area contributed by atoms with Crippen molar-refractivity contribution in [3.8, 4) is 0 Å². The van der Waals surface area contributed by atoms with E-state index in [1.165, 1.54) is 29.5 Å². The molecular weight excluding hydrogens is 224 g/mol. The highest BCUT2D eigenvalue weighted by molar-refractivity contribution is 5.33. The fourth-order valence-corrected chi connectivity index (χ4v) is 3.65. The number of fused-ring (bicyclic) bond motifs is 2. The van der Waals surface area contributed by atoms with Gasteiger partial charge in [0.1, 0.15) is 0 Å². The van der Waals surface area contributed by atoms with Gasteiger partial charge >= 0.3 is 0 Å². The molecule has 0 radical (unpaired) electrons. The second-order valence-electron chi connectivity index (χ2n) is 5.78. The second kappa shape index (κ2) is 4.65. The minimum absolute atomic E-state index is 0.223. The molecule has 0 aliphatic carbocycles. The molecule has 2 heterocycles. The monoisotopic (exact) mass is 246 g/mol. The molecule has 4 unspecified atom stereocenters. The number of benzene rings is 1. The maximum atomic E-state index is 5.96. The van der Waals surface area contributed by atoms with E-state index in [9.17, 15) is 0 Å². The third-order valence-electron chi connectivity index (χ3n) is 4.52. The van der Waals surface area contributed by atoms with E-state index in [0.717, 1.165) is 6.42 Å². The van der Waals surface area contributed by atoms with Gasteiger partial charge in [-0.3, -0.25) is 11.3 Å². The molecular formula is C15H22N2O. The molecule has 4 atom stereocenters. The SMILES string of the molecule is Cc1ccc(C(NN)C2CC3CCC2O3)c(C)c1. The zero-order chi connectivity index (χ0) is 12.7. The summed E-state index contributed by atoms with van der Waals surface area (Å²) in [5.41, 5.74) is 6.97. The van der Waals surface area contributed by atoms with Crippen LogP contribution in [0.4, 0.5) is 0 Å². The number of nitrogens with one attached hydrogen (secondary N) is 1. The molecule has 98 valence electrons. The Kier molecular flexibility index (Phi) is 3.14. The van der Waals surface area contributed by atoms with Crippen molar-refractivity contribution in [2.24, 2.45) is 11.8 Å². The normalized spacial score (nSPS) is 31.8. The third kappa shape index (κ3) is 1.96. The minimum Gasteiger partial charge on any atom is -0.375 e. The van der Waals surface area contributed by atoms with Crippen LogP contribution in [0.2, 0.25) is 0 Å². The third-order valence-corrected chi connectivity index (χ3v) is 4.52. The lowest BCUT2D eigenvalue weighted by Crippen LogP contribution is -2.38. The maximum Gasteiger partial charge on any atom is 0.0627 e. The van der Waals surface area contributed by atoms with Gasteiger partial charge < -0.3 is 4.74 Å². The second-order valence-corrected chi connectivity index (χ2v) is 5.78. The van der Waals surface area contributed by atoms with E-state index in [0.29, 0.717) is 18.1 Å². The molecule has 0 amide bonds. The molecule has 3 heteroatoms. The quantitative estimate of drug-likeness (QED) is 0.636. The number of hydrogen-bond donors (Lipinski definition) is 2. The van der Waals surface area contributed by atoms with Crippen molar-refractivity contribution < 1.29 is 4.74 Å². The number of ether oxygens (including phenoxy) is 1. The van der Waals surface area contributed by atoms with Crippen molar-refractivity contribution in [1.29, 1.82) is 0 Å². The smallest absolute Gasteiger partial charge is 0.0627 e. The van der Waals surface area contributed by atoms with E-state index in [1.807, 2.05) is 0 Å². The molecule has 1 aromatic rings. The van der Waals surface area contributed by atoms with Crippen molar-refractivity contribution >= 4 is 0 Å². The van der Waals surface area contributed by atoms with Crippen LogP contribution >= 0.6 is 0 Å². The van der Waals surface area contributed by atoms with Gasteiger partial charge in [-0.1, -0.05) is 23.8 Å². The van der Waals surface area contributed by atoms with Gasteiger partial charge in [0, 0.05) is 5.92 Å². The number of rotatable bonds is 3. The first-order valence-electron chi connectivity index (χ1n) is 6.88. The summed E-state index contributed by atoms with van der Waals surface area (Å²) in [6.07, 6.45) is 4.44. The number of aryl methyl sites for hydroxylation is 2. The van der Waals surface area contributed by atoms with E-state index in [4.69, 9.17) is 10.6 Å². The molecule has 3 nitrogen and oxygen atoms in total. The summed E-state index contributed by atoms with van der Waals surface area (Å²) < 4.78 is 5.96. The largest absolute Gasteiger partial charge is 0.375 e. The summed E-state index contributed by atoms with van der Waals surface area (Å²) in [5, 5.41) is 0. The van der Waals surface area contributed by atoms with Gasteiger partial charge in [-0.05, 0) is 44.2 Å². The first-order chi connectivity index (χ1) is 8.69. The van der Waals surface area contributed by atoms with Crippen molar-refractivity contribution in [2.75, 3.05) is 0 Å². The van der Waals surface area contributed by atoms with Gasteiger partial charge in [-0.2, -0.15) is 0 Å². The predicted molar refractivity (Wildman–Crippen MR) is 72.0 cm³/mol. The first-order valence-corrected chi connectivity index (χ1v) is 6.88. The van der Waals surface area contributed by atoms with E-state index in [-0.39, 0.29) is 6.04 Å². The fourth-order valence-electron chi connectivity index (χ4n) is 3.65. The molecule has 1 aromatic carbocycles. The van der Waals surface area contributed by atoms with Gasteiger partial charge in [0.05, 0.1) is 18.2 Å². The van der Waals surface area contributed by atoms with Crippen LogP contribution in [0.15, 0.2) is 18.2 Å². The summed E-state index contributed by atoms with van der Waals surface area (Å²) in [7, 11) is 0. The van der Waals surface area contributed by atoms with Gasteiger partial charge in [0.15, 0.2) is 0 Å². The van der Waals surface area contributed by atoms with E-state index >= 15 is 0 Å². The minimum atomic E-state index is 0.223. The van der Waals surface area contributed by atoms with Crippen molar-refractivity contribution in [3.05, 3.63) is 34.9 Å². The lowest BCUT2D eigenvalue weighted by molar-refractivity contribution is 0.0856. The Morgan fingerprint density at radius 1 is 1.33 bits per heavy atom. The summed E-state index contributed by atoms with van der Waals surface area (Å²) in [4.78, 5) is 0. The predicted octanol–water partition coefficient (Wildman–Crippen LogP) is 2.38. The van der Waals surface area contributed by atoms with Crippen molar-refractivity contribution in [3.63, 3.8) is 0 Å². The number of hydrogen-bond acceptors (Lipinski definition) is 3. The van der Waals surface area contributed by atoms with Crippen LogP contribution in [-0.2, 0) is 4.74 Å². The molecule has 0 spiro atoms. The standard InChI is InChI=1S/C15H22N2O/c1-9-3-5-12(10(2)7-9)15(17-16)13-8-11-4-6-14(13)18-11/h3,5,7,11,13-15,17H,4,6,8,16H2,1-2H3. The lowest BCUT2D eigenvalue weighted by atomic mass is 9.80. The molecule has 3 N–H and O–H groups in total. The first kappa shape index (κ1) is 12.2. The molecule has 2 aliphatic rings. The fraction of sp³-hybridized carbons (Fsp3) is 0.600. The molecule has 2 aliphatic heterocycles. The Balaban J connectivity index is 1.88. The zero-order valence-corrected chi connectivity index (χ0v) is 11.1. The summed E-state index contributed by atoms with van der Waals surface area (Å²) >= 11 is 0. The topological polar surface area (TPSA) is 47.3 Å². The molecule has 18 heavy (non-hydrogen) atoms. The average Bonchev–Trinajstić information content (AvgIpc) is 2.95. The van der Waals surface area contributed by atoms with E-state index in [2.05, 4.69) is 37.5 Å². The number of hydrazine groups is 1. The van der Waals surface area contributed by atoms with Crippen LogP contribution in [0.1, 0.15) is 42.0 Å². The van der Waals surface area contributed by atoms with Crippen LogP contribution in [0.25, 0.3) is 0 Å². The van der Waals surface area contributed by atoms with Gasteiger partial charge in [-0.25, -0.2) is 0 Å². The average molecular weight is 246 g/mol. The summed E-state index contributed by atoms with van der Waals surface area (Å²) in [6, 6.07) is 6.83.